The van der Waals surface area contributed by atoms with Crippen molar-refractivity contribution < 1.29 is 33.0 Å². The molecule has 3 saturated carbocycles. The quantitative estimate of drug-likeness (QED) is 0.707. The monoisotopic (exact) mass is 422 g/mol. The lowest BCUT2D eigenvalue weighted by molar-refractivity contribution is -0.202. The van der Waals surface area contributed by atoms with Gasteiger partial charge in [0.15, 0.2) is 17.2 Å². The summed E-state index contributed by atoms with van der Waals surface area (Å²) >= 11 is 0. The molecule has 4 aliphatic rings. The first-order valence-corrected chi connectivity index (χ1v) is 10.6. The molecule has 3 fully saturated rings. The highest BCUT2D eigenvalue weighted by molar-refractivity contribution is 6.01. The summed E-state index contributed by atoms with van der Waals surface area (Å²) in [6.07, 6.45) is 1.90. The minimum absolute atomic E-state index is 0.0583. The van der Waals surface area contributed by atoms with Gasteiger partial charge in [0.05, 0.1) is 6.10 Å². The van der Waals surface area contributed by atoms with E-state index >= 15 is 8.78 Å². The molecular weight excluding hydrogens is 394 g/mol. The molecule has 8 atom stereocenters. The molecule has 0 aliphatic heterocycles. The van der Waals surface area contributed by atoms with Gasteiger partial charge in [-0.2, -0.15) is 0 Å². The fourth-order valence-corrected chi connectivity index (χ4v) is 7.00. The van der Waals surface area contributed by atoms with Crippen molar-refractivity contribution in [3.63, 3.8) is 0 Å². The maximum absolute atomic E-state index is 16.8. The smallest absolute Gasteiger partial charge is 0.303 e. The van der Waals surface area contributed by atoms with Crippen LogP contribution < -0.4 is 0 Å². The van der Waals surface area contributed by atoms with E-state index in [1.54, 1.807) is 6.92 Å². The van der Waals surface area contributed by atoms with Crippen LogP contribution in [-0.4, -0.2) is 47.2 Å². The van der Waals surface area contributed by atoms with E-state index in [1.165, 1.54) is 25.2 Å². The van der Waals surface area contributed by atoms with E-state index in [1.807, 2.05) is 6.92 Å². The minimum Gasteiger partial charge on any atom is -0.458 e. The number of fused-ring (bicyclic) bond motifs is 5. The predicted molar refractivity (Wildman–Crippen MR) is 104 cm³/mol. The van der Waals surface area contributed by atoms with Crippen molar-refractivity contribution in [1.29, 1.82) is 0 Å². The van der Waals surface area contributed by atoms with Gasteiger partial charge in [0.25, 0.3) is 0 Å². The average molecular weight is 422 g/mol. The summed E-state index contributed by atoms with van der Waals surface area (Å²) < 4.78 is 36.9. The summed E-state index contributed by atoms with van der Waals surface area (Å²) in [5.74, 6) is -2.72. The molecule has 5 unspecified atom stereocenters. The van der Waals surface area contributed by atoms with Gasteiger partial charge in [0.2, 0.25) is 0 Å². The first-order chi connectivity index (χ1) is 13.9. The second-order valence-corrected chi connectivity index (χ2v) is 9.82. The number of Topliss-reactive ketones (excluding diaryl/α,β-unsaturated/α-hetero) is 1. The van der Waals surface area contributed by atoms with Crippen LogP contribution in [0.15, 0.2) is 23.8 Å². The fraction of sp³-hybridized carbons (Fsp3) is 0.696. The number of ketones is 2. The van der Waals surface area contributed by atoms with Crippen molar-refractivity contribution in [3.8, 4) is 0 Å². The topological polar surface area (TPSA) is 80.7 Å². The number of carbonyl (C=O) groups is 3. The number of aliphatic hydroxyl groups excluding tert-OH is 1. The lowest BCUT2D eigenvalue weighted by Gasteiger charge is -2.62. The van der Waals surface area contributed by atoms with Crippen LogP contribution in [0.5, 0.6) is 0 Å². The maximum atomic E-state index is 16.8. The Morgan fingerprint density at radius 2 is 1.97 bits per heavy atom. The van der Waals surface area contributed by atoms with Crippen LogP contribution in [0.1, 0.15) is 46.5 Å². The molecule has 0 radical (unpaired) electrons. The van der Waals surface area contributed by atoms with E-state index in [2.05, 4.69) is 0 Å². The second-order valence-electron chi connectivity index (χ2n) is 9.82. The molecule has 0 aromatic rings. The molecule has 0 heterocycles. The van der Waals surface area contributed by atoms with E-state index in [0.717, 1.165) is 0 Å². The largest absolute Gasteiger partial charge is 0.458 e. The molecule has 30 heavy (non-hydrogen) atoms. The van der Waals surface area contributed by atoms with Gasteiger partial charge in [-0.15, -0.1) is 0 Å². The number of halogens is 2. The number of hydrogen-bond donors (Lipinski definition) is 1. The zero-order chi connectivity index (χ0) is 22.1. The van der Waals surface area contributed by atoms with Gasteiger partial charge in [0, 0.05) is 24.2 Å². The number of allylic oxidation sites excluding steroid dienone is 4. The molecule has 0 aromatic heterocycles. The first-order valence-electron chi connectivity index (χ1n) is 10.6. The number of rotatable bonds is 3. The number of alkyl halides is 2. The Morgan fingerprint density at radius 3 is 2.63 bits per heavy atom. The lowest BCUT2D eigenvalue weighted by atomic mass is 9.45. The highest BCUT2D eigenvalue weighted by Gasteiger charge is 2.72. The van der Waals surface area contributed by atoms with Gasteiger partial charge in [0.1, 0.15) is 12.8 Å². The number of esters is 1. The molecule has 0 aromatic carbocycles. The van der Waals surface area contributed by atoms with Crippen LogP contribution in [0.3, 0.4) is 0 Å². The number of aliphatic hydroxyl groups is 1. The van der Waals surface area contributed by atoms with Crippen molar-refractivity contribution in [2.75, 3.05) is 6.61 Å². The fourth-order valence-electron chi connectivity index (χ4n) is 7.00. The third kappa shape index (κ3) is 2.70. The molecule has 4 rings (SSSR count). The van der Waals surface area contributed by atoms with E-state index in [-0.39, 0.29) is 42.5 Å². The van der Waals surface area contributed by atoms with Gasteiger partial charge >= 0.3 is 5.97 Å². The van der Waals surface area contributed by atoms with Crippen LogP contribution in [0, 0.1) is 28.6 Å². The van der Waals surface area contributed by atoms with Gasteiger partial charge in [-0.1, -0.05) is 13.0 Å². The average Bonchev–Trinajstić information content (AvgIpc) is 3.00. The Kier molecular flexibility index (Phi) is 4.84. The molecule has 7 heteroatoms. The summed E-state index contributed by atoms with van der Waals surface area (Å²) in [5.41, 5.74) is -4.15. The van der Waals surface area contributed by atoms with Crippen molar-refractivity contribution >= 4 is 17.5 Å². The zero-order valence-corrected chi connectivity index (χ0v) is 17.5. The first kappa shape index (κ1) is 21.3. The van der Waals surface area contributed by atoms with Gasteiger partial charge in [-0.05, 0) is 61.7 Å². The van der Waals surface area contributed by atoms with Crippen LogP contribution in [0.25, 0.3) is 0 Å². The number of carbonyl (C=O) groups excluding carboxylic acids is 3. The van der Waals surface area contributed by atoms with Crippen LogP contribution in [0.4, 0.5) is 8.78 Å². The maximum Gasteiger partial charge on any atom is 0.303 e. The van der Waals surface area contributed by atoms with E-state index in [9.17, 15) is 19.5 Å². The van der Waals surface area contributed by atoms with E-state index < -0.39 is 46.6 Å². The Labute approximate surface area is 174 Å². The van der Waals surface area contributed by atoms with Crippen LogP contribution >= 0.6 is 0 Å². The Hall–Kier alpha value is -1.89. The number of hydrogen-bond acceptors (Lipinski definition) is 5. The summed E-state index contributed by atoms with van der Waals surface area (Å²) in [6.45, 7) is 4.31. The molecule has 5 nitrogen and oxygen atoms in total. The van der Waals surface area contributed by atoms with Gasteiger partial charge < -0.3 is 9.84 Å². The zero-order valence-electron chi connectivity index (χ0n) is 17.5. The molecular formula is C23H28F2O5. The molecule has 164 valence electrons. The lowest BCUT2D eigenvalue weighted by Crippen LogP contribution is -2.68. The molecule has 0 bridgehead atoms. The summed E-state index contributed by atoms with van der Waals surface area (Å²) in [6, 6.07) is 0. The Morgan fingerprint density at radius 1 is 1.27 bits per heavy atom. The molecule has 1 N–H and O–H groups in total. The second kappa shape index (κ2) is 6.81. The van der Waals surface area contributed by atoms with E-state index in [4.69, 9.17) is 4.74 Å². The third-order valence-corrected chi connectivity index (χ3v) is 8.43. The van der Waals surface area contributed by atoms with E-state index in [0.29, 0.717) is 12.8 Å². The molecule has 0 amide bonds. The van der Waals surface area contributed by atoms with Crippen molar-refractivity contribution in [2.45, 2.75) is 64.4 Å². The Balaban J connectivity index is 1.71. The minimum atomic E-state index is -2.13. The molecule has 0 spiro atoms. The predicted octanol–water partition coefficient (Wildman–Crippen LogP) is 3.05. The van der Waals surface area contributed by atoms with Crippen molar-refractivity contribution in [3.05, 3.63) is 23.8 Å². The highest BCUT2D eigenvalue weighted by atomic mass is 19.1. The third-order valence-electron chi connectivity index (χ3n) is 8.43. The normalized spacial score (nSPS) is 47.1. The summed E-state index contributed by atoms with van der Waals surface area (Å²) in [7, 11) is 0. The standard InChI is InChI=1S/C23H28F2O5/c1-12(26)30-11-19(28)15-5-4-14-16-9-18(24)17-8-13(27)6-7-22(17,3)23(16,25)20(29)10-21(14,15)2/h6-8,14-16,18,20,29H,4-5,9-11H2,1-3H3/t14?,15?,16-,18-,20?,21?,22?,23-/m0/s1. The van der Waals surface area contributed by atoms with Crippen molar-refractivity contribution in [1.82, 2.24) is 0 Å². The van der Waals surface area contributed by atoms with Crippen LogP contribution in [0.2, 0.25) is 0 Å². The Bertz CT molecular complexity index is 866. The van der Waals surface area contributed by atoms with Gasteiger partial charge in [-0.25, -0.2) is 8.78 Å². The number of ether oxygens (including phenoxy) is 1. The van der Waals surface area contributed by atoms with Crippen LogP contribution in [-0.2, 0) is 19.1 Å². The summed E-state index contributed by atoms with van der Waals surface area (Å²) in [4.78, 5) is 35.7. The SMILES string of the molecule is CC(=O)OCC(=O)C1CCC2[C@@H]3C[C@H](F)C4=CC(=O)C=CC4(C)[C@@]3(F)C(O)CC12C. The highest BCUT2D eigenvalue weighted by Crippen LogP contribution is 2.69. The van der Waals surface area contributed by atoms with Gasteiger partial charge in [-0.3, -0.25) is 14.4 Å². The molecule has 4 aliphatic carbocycles. The molecule has 0 saturated heterocycles. The summed E-state index contributed by atoms with van der Waals surface area (Å²) in [5, 5.41) is 11.1. The van der Waals surface area contributed by atoms with Crippen molar-refractivity contribution in [2.24, 2.45) is 28.6 Å².